The Morgan fingerprint density at radius 1 is 1.07 bits per heavy atom. The third kappa shape index (κ3) is 3.90. The molecule has 6 aliphatic rings. The van der Waals surface area contributed by atoms with Gasteiger partial charge < -0.3 is 19.5 Å². The summed E-state index contributed by atoms with van der Waals surface area (Å²) in [5, 5.41) is 10.5. The van der Waals surface area contributed by atoms with Gasteiger partial charge in [0, 0.05) is 12.5 Å². The quantitative estimate of drug-likeness (QED) is 0.366. The molecule has 5 heteroatoms. The summed E-state index contributed by atoms with van der Waals surface area (Å²) in [5.41, 5.74) is 2.64. The van der Waals surface area contributed by atoms with Crippen LogP contribution in [-0.4, -0.2) is 46.5 Å². The molecular formula is C37H53NO4. The molecule has 0 unspecified atom stereocenters. The molecule has 2 saturated heterocycles. The number of hydrogen-bond acceptors (Lipinski definition) is 4. The van der Waals surface area contributed by atoms with Crippen LogP contribution in [0.1, 0.15) is 98.5 Å². The number of aliphatic hydroxyl groups is 1. The largest absolute Gasteiger partial charge is 0.445 e. The topological polar surface area (TPSA) is 59.0 Å². The number of hydrogen-bond donors (Lipinski definition) is 1. The number of benzene rings is 1. The van der Waals surface area contributed by atoms with Crippen molar-refractivity contribution >= 4 is 6.09 Å². The van der Waals surface area contributed by atoms with Crippen molar-refractivity contribution in [3.8, 4) is 0 Å². The van der Waals surface area contributed by atoms with E-state index in [-0.39, 0.29) is 52.1 Å². The van der Waals surface area contributed by atoms with Crippen molar-refractivity contribution in [2.75, 3.05) is 6.54 Å². The summed E-state index contributed by atoms with van der Waals surface area (Å²) in [5.74, 6) is 2.71. The monoisotopic (exact) mass is 575 g/mol. The van der Waals surface area contributed by atoms with Gasteiger partial charge in [0.1, 0.15) is 6.61 Å². The Hall–Kier alpha value is -1.85. The van der Waals surface area contributed by atoms with Crippen LogP contribution in [-0.2, 0) is 16.1 Å². The van der Waals surface area contributed by atoms with Crippen molar-refractivity contribution in [3.63, 3.8) is 0 Å². The van der Waals surface area contributed by atoms with E-state index in [0.29, 0.717) is 24.4 Å². The lowest BCUT2D eigenvalue weighted by atomic mass is 9.46. The van der Waals surface area contributed by atoms with E-state index in [1.807, 2.05) is 35.2 Å². The fourth-order valence-corrected chi connectivity index (χ4v) is 11.8. The highest BCUT2D eigenvalue weighted by Crippen LogP contribution is 2.75. The van der Waals surface area contributed by atoms with Crippen molar-refractivity contribution in [2.24, 2.45) is 45.8 Å². The number of ether oxygens (including phenoxy) is 2. The Labute approximate surface area is 253 Å². The summed E-state index contributed by atoms with van der Waals surface area (Å²) in [6, 6.07) is 10.1. The molecule has 1 amide bonds. The van der Waals surface area contributed by atoms with Gasteiger partial charge in [-0.05, 0) is 96.8 Å². The number of aliphatic hydroxyl groups excluding tert-OH is 1. The molecular weight excluding hydrogens is 522 g/mol. The second-order valence-corrected chi connectivity index (χ2v) is 16.3. The van der Waals surface area contributed by atoms with Crippen LogP contribution in [0.2, 0.25) is 0 Å². The van der Waals surface area contributed by atoms with Crippen molar-refractivity contribution in [3.05, 3.63) is 47.5 Å². The summed E-state index contributed by atoms with van der Waals surface area (Å²) in [7, 11) is 0. The van der Waals surface area contributed by atoms with E-state index in [1.165, 1.54) is 24.8 Å². The highest BCUT2D eigenvalue weighted by molar-refractivity contribution is 5.68. The number of carbonyl (C=O) groups excluding carboxylic acids is 1. The molecule has 1 aromatic rings. The van der Waals surface area contributed by atoms with E-state index in [1.54, 1.807) is 0 Å². The molecule has 0 bridgehead atoms. The summed E-state index contributed by atoms with van der Waals surface area (Å²) < 4.78 is 13.3. The van der Waals surface area contributed by atoms with Gasteiger partial charge in [0.2, 0.25) is 0 Å². The van der Waals surface area contributed by atoms with Crippen LogP contribution in [0.5, 0.6) is 0 Å². The third-order valence-corrected chi connectivity index (χ3v) is 14.4. The molecule has 0 radical (unpaired) electrons. The zero-order chi connectivity index (χ0) is 29.7. The maximum absolute atomic E-state index is 13.7. The van der Waals surface area contributed by atoms with E-state index in [0.717, 1.165) is 50.1 Å². The lowest BCUT2D eigenvalue weighted by molar-refractivity contribution is -0.218. The Morgan fingerprint density at radius 2 is 1.83 bits per heavy atom. The van der Waals surface area contributed by atoms with E-state index in [2.05, 4.69) is 47.6 Å². The van der Waals surface area contributed by atoms with Gasteiger partial charge in [0.15, 0.2) is 0 Å². The molecule has 2 aliphatic heterocycles. The molecule has 1 spiro atoms. The highest BCUT2D eigenvalue weighted by Gasteiger charge is 2.73. The van der Waals surface area contributed by atoms with E-state index >= 15 is 0 Å². The number of carbonyl (C=O) groups is 1. The van der Waals surface area contributed by atoms with E-state index in [9.17, 15) is 9.90 Å². The number of rotatable bonds is 2. The van der Waals surface area contributed by atoms with Gasteiger partial charge in [-0.3, -0.25) is 0 Å². The number of nitrogens with zero attached hydrogens (tertiary/aromatic N) is 1. The molecule has 4 aliphatic carbocycles. The second-order valence-electron chi connectivity index (χ2n) is 16.3. The van der Waals surface area contributed by atoms with Crippen molar-refractivity contribution in [1.82, 2.24) is 4.90 Å². The standard InChI is InChI=1S/C37H53NO4/c1-23-18-31-32(38(21-23)33(40)41-22-25-10-8-7-9-11-25)24(2)37(42-31)17-15-29-28-13-12-26-19-27(39)14-16-35(26,5)30(28)20-36(29,6)34(37,3)4/h7-12,23-24,27-32,39H,13-22H2,1-6H3/t23-,24+,27-,28-,29-,30-,31+,32-,35-,36-,37+/m0/s1. The fraction of sp³-hybridized carbons (Fsp3) is 0.757. The molecule has 2 heterocycles. The van der Waals surface area contributed by atoms with Gasteiger partial charge in [-0.15, -0.1) is 0 Å². The maximum atomic E-state index is 13.7. The maximum Gasteiger partial charge on any atom is 0.410 e. The number of likely N-dealkylation sites (tertiary alicyclic amines) is 1. The minimum Gasteiger partial charge on any atom is -0.445 e. The molecule has 230 valence electrons. The van der Waals surface area contributed by atoms with Gasteiger partial charge in [-0.2, -0.15) is 0 Å². The van der Waals surface area contributed by atoms with E-state index in [4.69, 9.17) is 9.47 Å². The summed E-state index contributed by atoms with van der Waals surface area (Å²) in [6.45, 7) is 15.8. The molecule has 0 aromatic heterocycles. The SMILES string of the molecule is C[C@H]1C[C@H]2O[C@]3(CC[C@H]4[C@@H]5CC=C6C[C@@H](O)CC[C@]6(C)[C@H]5C[C@]4(C)C3(C)C)[C@H](C)[C@@H]2N(C(=O)OCc2ccccc2)C1. The zero-order valence-electron chi connectivity index (χ0n) is 26.8. The van der Waals surface area contributed by atoms with Gasteiger partial charge >= 0.3 is 6.09 Å². The third-order valence-electron chi connectivity index (χ3n) is 14.4. The Morgan fingerprint density at radius 3 is 2.60 bits per heavy atom. The Kier molecular flexibility index (Phi) is 6.76. The van der Waals surface area contributed by atoms with Crippen LogP contribution in [0.4, 0.5) is 4.79 Å². The Balaban J connectivity index is 1.17. The number of piperidine rings is 1. The number of allylic oxidation sites excluding steroid dienone is 1. The number of amides is 1. The smallest absolute Gasteiger partial charge is 0.410 e. The predicted octanol–water partition coefficient (Wildman–Crippen LogP) is 7.77. The molecule has 5 fully saturated rings. The highest BCUT2D eigenvalue weighted by atomic mass is 16.6. The fourth-order valence-electron chi connectivity index (χ4n) is 11.8. The Bertz CT molecular complexity index is 1240. The van der Waals surface area contributed by atoms with Crippen molar-refractivity contribution < 1.29 is 19.4 Å². The molecule has 5 nitrogen and oxygen atoms in total. The summed E-state index contributed by atoms with van der Waals surface area (Å²) in [6.07, 6.45) is 10.9. The molecule has 1 N–H and O–H groups in total. The molecule has 11 atom stereocenters. The summed E-state index contributed by atoms with van der Waals surface area (Å²) >= 11 is 0. The lowest BCUT2D eigenvalue weighted by Crippen LogP contribution is -2.62. The molecule has 7 rings (SSSR count). The molecule has 42 heavy (non-hydrogen) atoms. The lowest BCUT2D eigenvalue weighted by Gasteiger charge is -2.62. The average molecular weight is 576 g/mol. The zero-order valence-corrected chi connectivity index (χ0v) is 26.8. The van der Waals surface area contributed by atoms with Crippen LogP contribution < -0.4 is 0 Å². The van der Waals surface area contributed by atoms with Crippen LogP contribution in [0.15, 0.2) is 42.0 Å². The van der Waals surface area contributed by atoms with Gasteiger partial charge in [-0.25, -0.2) is 4.79 Å². The predicted molar refractivity (Wildman–Crippen MR) is 165 cm³/mol. The average Bonchev–Trinajstić information content (AvgIpc) is 3.43. The second kappa shape index (κ2) is 9.83. The van der Waals surface area contributed by atoms with Crippen LogP contribution in [0, 0.1) is 45.8 Å². The van der Waals surface area contributed by atoms with Crippen molar-refractivity contribution in [2.45, 2.75) is 123 Å². The summed E-state index contributed by atoms with van der Waals surface area (Å²) in [4.78, 5) is 15.7. The first kappa shape index (κ1) is 28.9. The first-order valence-electron chi connectivity index (χ1n) is 16.9. The van der Waals surface area contributed by atoms with Crippen LogP contribution in [0.3, 0.4) is 0 Å². The van der Waals surface area contributed by atoms with E-state index < -0.39 is 0 Å². The van der Waals surface area contributed by atoms with Gasteiger partial charge in [0.25, 0.3) is 0 Å². The van der Waals surface area contributed by atoms with Crippen LogP contribution >= 0.6 is 0 Å². The van der Waals surface area contributed by atoms with Crippen LogP contribution in [0.25, 0.3) is 0 Å². The normalized spacial score (nSPS) is 47.2. The van der Waals surface area contributed by atoms with Gasteiger partial charge in [-0.1, -0.05) is 83.5 Å². The minimum absolute atomic E-state index is 0.0371. The van der Waals surface area contributed by atoms with Crippen molar-refractivity contribution in [1.29, 1.82) is 0 Å². The van der Waals surface area contributed by atoms with Gasteiger partial charge in [0.05, 0.1) is 23.9 Å². The molecule has 3 saturated carbocycles. The number of fused-ring (bicyclic) bond motifs is 6. The first-order chi connectivity index (χ1) is 19.9. The first-order valence-corrected chi connectivity index (χ1v) is 16.9. The molecule has 1 aromatic carbocycles. The minimum atomic E-state index is -0.261.